The summed E-state index contributed by atoms with van der Waals surface area (Å²) in [6.07, 6.45) is 15.9. The first kappa shape index (κ1) is 26.2. The Balaban J connectivity index is 1.65. The lowest BCUT2D eigenvalue weighted by Gasteiger charge is -2.25. The SMILES string of the molecule is CC(C)(C)C(=O)OCCN(CCc1c[nH]c2ccccc12)CC1C=CC=C(/C=C/C(=O)NO)C=C1. The largest absolute Gasteiger partial charge is 0.464 e. The molecule has 1 aromatic heterocycles. The quantitative estimate of drug-likeness (QED) is 0.205. The van der Waals surface area contributed by atoms with Gasteiger partial charge in [-0.3, -0.25) is 19.7 Å². The number of esters is 1. The number of aromatic amines is 1. The molecule has 3 rings (SSSR count). The molecule has 1 aliphatic rings. The van der Waals surface area contributed by atoms with E-state index in [0.29, 0.717) is 13.2 Å². The minimum absolute atomic E-state index is 0.158. The van der Waals surface area contributed by atoms with Crippen molar-refractivity contribution in [3.05, 3.63) is 84.1 Å². The summed E-state index contributed by atoms with van der Waals surface area (Å²) in [6.45, 7) is 8.14. The van der Waals surface area contributed by atoms with Crippen LogP contribution in [0.5, 0.6) is 0 Å². The molecule has 35 heavy (non-hydrogen) atoms. The van der Waals surface area contributed by atoms with Crippen LogP contribution in [0.1, 0.15) is 26.3 Å². The molecule has 1 amide bonds. The van der Waals surface area contributed by atoms with Gasteiger partial charge in [-0.15, -0.1) is 0 Å². The van der Waals surface area contributed by atoms with Crippen LogP contribution in [0, 0.1) is 11.3 Å². The first-order valence-electron chi connectivity index (χ1n) is 11.9. The lowest BCUT2D eigenvalue weighted by Crippen LogP contribution is -2.35. The van der Waals surface area contributed by atoms with Crippen molar-refractivity contribution in [1.29, 1.82) is 0 Å². The lowest BCUT2D eigenvalue weighted by molar-refractivity contribution is -0.153. The molecule has 7 heteroatoms. The summed E-state index contributed by atoms with van der Waals surface area (Å²) in [7, 11) is 0. The number of H-pyrrole nitrogens is 1. The third kappa shape index (κ3) is 8.09. The number of amides is 1. The summed E-state index contributed by atoms with van der Waals surface area (Å²) in [4.78, 5) is 29.1. The molecule has 1 atom stereocenters. The van der Waals surface area contributed by atoms with Gasteiger partial charge in [-0.1, -0.05) is 48.6 Å². The van der Waals surface area contributed by atoms with Gasteiger partial charge < -0.3 is 9.72 Å². The third-order valence-electron chi connectivity index (χ3n) is 5.81. The molecule has 3 N–H and O–H groups in total. The summed E-state index contributed by atoms with van der Waals surface area (Å²) < 4.78 is 5.54. The second-order valence-electron chi connectivity index (χ2n) is 9.68. The van der Waals surface area contributed by atoms with Crippen molar-refractivity contribution >= 4 is 22.8 Å². The fourth-order valence-electron chi connectivity index (χ4n) is 3.80. The molecule has 0 aliphatic heterocycles. The highest BCUT2D eigenvalue weighted by molar-refractivity contribution is 5.87. The van der Waals surface area contributed by atoms with E-state index in [-0.39, 0.29) is 11.9 Å². The Hall–Kier alpha value is -3.42. The monoisotopic (exact) mass is 477 g/mol. The van der Waals surface area contributed by atoms with Crippen LogP contribution in [-0.2, 0) is 20.7 Å². The van der Waals surface area contributed by atoms with Crippen LogP contribution >= 0.6 is 0 Å². The summed E-state index contributed by atoms with van der Waals surface area (Å²) in [5.41, 5.74) is 4.32. The van der Waals surface area contributed by atoms with E-state index in [1.165, 1.54) is 17.0 Å². The second-order valence-corrected chi connectivity index (χ2v) is 9.68. The zero-order valence-electron chi connectivity index (χ0n) is 20.7. The number of para-hydroxylation sites is 1. The summed E-state index contributed by atoms with van der Waals surface area (Å²) in [6, 6.07) is 8.28. The Morgan fingerprint density at radius 1 is 1.20 bits per heavy atom. The van der Waals surface area contributed by atoms with Crippen molar-refractivity contribution in [3.8, 4) is 0 Å². The van der Waals surface area contributed by atoms with Gasteiger partial charge in [-0.2, -0.15) is 0 Å². The summed E-state index contributed by atoms with van der Waals surface area (Å²) in [5, 5.41) is 9.88. The minimum atomic E-state index is -0.572. The molecule has 0 fully saturated rings. The number of carbonyl (C=O) groups excluding carboxylic acids is 2. The molecule has 0 radical (unpaired) electrons. The average Bonchev–Trinajstić information content (AvgIpc) is 3.11. The Morgan fingerprint density at radius 2 is 2.00 bits per heavy atom. The van der Waals surface area contributed by atoms with E-state index < -0.39 is 11.3 Å². The van der Waals surface area contributed by atoms with E-state index in [4.69, 9.17) is 9.94 Å². The summed E-state index contributed by atoms with van der Waals surface area (Å²) >= 11 is 0. The molecule has 186 valence electrons. The van der Waals surface area contributed by atoms with Crippen LogP contribution in [0.2, 0.25) is 0 Å². The number of aromatic nitrogens is 1. The fraction of sp³-hybridized carbons (Fsp3) is 0.357. The van der Waals surface area contributed by atoms with Crippen LogP contribution in [0.4, 0.5) is 0 Å². The van der Waals surface area contributed by atoms with E-state index in [0.717, 1.165) is 30.6 Å². The molecule has 0 spiro atoms. The van der Waals surface area contributed by atoms with Gasteiger partial charge in [-0.05, 0) is 50.5 Å². The maximum Gasteiger partial charge on any atom is 0.311 e. The number of ether oxygens (including phenoxy) is 1. The number of hydroxylamine groups is 1. The van der Waals surface area contributed by atoms with E-state index in [2.05, 4.69) is 40.4 Å². The van der Waals surface area contributed by atoms with Crippen molar-refractivity contribution in [3.63, 3.8) is 0 Å². The second kappa shape index (κ2) is 12.3. The Kier molecular flexibility index (Phi) is 9.23. The van der Waals surface area contributed by atoms with E-state index >= 15 is 0 Å². The highest BCUT2D eigenvalue weighted by Crippen LogP contribution is 2.20. The predicted octanol–water partition coefficient (Wildman–Crippen LogP) is 4.33. The van der Waals surface area contributed by atoms with Crippen LogP contribution in [0.3, 0.4) is 0 Å². The topological polar surface area (TPSA) is 94.7 Å². The molecule has 1 heterocycles. The number of benzene rings is 1. The van der Waals surface area contributed by atoms with Crippen molar-refractivity contribution in [2.24, 2.45) is 11.3 Å². The third-order valence-corrected chi connectivity index (χ3v) is 5.81. The number of nitrogens with one attached hydrogen (secondary N) is 2. The zero-order valence-corrected chi connectivity index (χ0v) is 20.7. The standard InChI is InChI=1S/C28H35N3O4/c1-28(2,3)27(33)35-18-17-31(16-15-23-19-29-25-10-5-4-9-24(23)25)20-22-8-6-7-21(11-12-22)13-14-26(32)30-34/h4-14,19,22,29,34H,15-18,20H2,1-3H3,(H,30,32)/b14-13+. The van der Waals surface area contributed by atoms with Crippen LogP contribution in [0.25, 0.3) is 10.9 Å². The minimum Gasteiger partial charge on any atom is -0.464 e. The van der Waals surface area contributed by atoms with Gasteiger partial charge in [0.1, 0.15) is 6.61 Å². The van der Waals surface area contributed by atoms with Gasteiger partial charge in [0, 0.05) is 48.7 Å². The maximum atomic E-state index is 12.2. The molecule has 1 unspecified atom stereocenters. The van der Waals surface area contributed by atoms with Gasteiger partial charge in [0.25, 0.3) is 5.91 Å². The van der Waals surface area contributed by atoms with Crippen LogP contribution in [-0.4, -0.2) is 53.2 Å². The van der Waals surface area contributed by atoms with Gasteiger partial charge in [0.15, 0.2) is 0 Å². The van der Waals surface area contributed by atoms with E-state index in [1.54, 1.807) is 11.6 Å². The molecule has 7 nitrogen and oxygen atoms in total. The summed E-state index contributed by atoms with van der Waals surface area (Å²) in [5.74, 6) is -0.613. The van der Waals surface area contributed by atoms with Crippen molar-refractivity contribution in [2.45, 2.75) is 27.2 Å². The molecule has 1 aliphatic carbocycles. The number of hydrogen-bond donors (Lipinski definition) is 3. The first-order valence-corrected chi connectivity index (χ1v) is 11.9. The fourth-order valence-corrected chi connectivity index (χ4v) is 3.80. The maximum absolute atomic E-state index is 12.2. The van der Waals surface area contributed by atoms with Crippen LogP contribution in [0.15, 0.2) is 78.6 Å². The molecule has 0 saturated heterocycles. The van der Waals surface area contributed by atoms with Gasteiger partial charge in [-0.25, -0.2) is 5.48 Å². The van der Waals surface area contributed by atoms with Crippen LogP contribution < -0.4 is 5.48 Å². The average molecular weight is 478 g/mol. The number of allylic oxidation sites excluding steroid dienone is 5. The smallest absolute Gasteiger partial charge is 0.311 e. The number of rotatable bonds is 10. The normalized spacial score (nSPS) is 16.0. The molecule has 0 saturated carbocycles. The van der Waals surface area contributed by atoms with Crippen molar-refractivity contribution in [1.82, 2.24) is 15.4 Å². The number of fused-ring (bicyclic) bond motifs is 1. The molecular formula is C28H35N3O4. The Bertz CT molecular complexity index is 1130. The molecule has 1 aromatic carbocycles. The van der Waals surface area contributed by atoms with Gasteiger partial charge in [0.2, 0.25) is 0 Å². The Morgan fingerprint density at radius 3 is 2.77 bits per heavy atom. The lowest BCUT2D eigenvalue weighted by atomic mass is 9.97. The highest BCUT2D eigenvalue weighted by Gasteiger charge is 2.23. The Labute approximate surface area is 206 Å². The zero-order chi connectivity index (χ0) is 25.3. The number of nitrogens with zero attached hydrogens (tertiary/aromatic N) is 1. The van der Waals surface area contributed by atoms with Crippen molar-refractivity contribution < 1.29 is 19.5 Å². The number of hydrogen-bond acceptors (Lipinski definition) is 5. The molecular weight excluding hydrogens is 442 g/mol. The number of carbonyl (C=O) groups is 2. The van der Waals surface area contributed by atoms with Gasteiger partial charge >= 0.3 is 5.97 Å². The molecule has 0 bridgehead atoms. The predicted molar refractivity (Wildman–Crippen MR) is 138 cm³/mol. The molecule has 2 aromatic rings. The van der Waals surface area contributed by atoms with Crippen molar-refractivity contribution in [2.75, 3.05) is 26.2 Å². The highest BCUT2D eigenvalue weighted by atomic mass is 16.5. The first-order chi connectivity index (χ1) is 16.8. The van der Waals surface area contributed by atoms with E-state index in [1.807, 2.05) is 51.1 Å². The van der Waals surface area contributed by atoms with E-state index in [9.17, 15) is 9.59 Å². The van der Waals surface area contributed by atoms with Gasteiger partial charge in [0.05, 0.1) is 5.41 Å².